The zero-order valence-corrected chi connectivity index (χ0v) is 20.5. The van der Waals surface area contributed by atoms with Crippen molar-refractivity contribution >= 4 is 27.4 Å². The second-order valence-electron chi connectivity index (χ2n) is 9.65. The van der Waals surface area contributed by atoms with Crippen molar-refractivity contribution in [2.45, 2.75) is 65.9 Å². The number of thiophene rings is 1. The van der Waals surface area contributed by atoms with Crippen LogP contribution in [0.25, 0.3) is 10.1 Å². The normalized spacial score (nSPS) is 13.8. The minimum atomic E-state index is -0.865. The zero-order chi connectivity index (χ0) is 23.5. The summed E-state index contributed by atoms with van der Waals surface area (Å²) < 4.78 is 6.90. The number of fused-ring (bicyclic) bond motifs is 1. The van der Waals surface area contributed by atoms with Gasteiger partial charge in [-0.3, -0.25) is 0 Å². The van der Waals surface area contributed by atoms with E-state index in [0.717, 1.165) is 40.7 Å². The van der Waals surface area contributed by atoms with Gasteiger partial charge in [-0.1, -0.05) is 52.0 Å². The number of aliphatic hydroxyl groups excluding tert-OH is 1. The molecule has 2 atom stereocenters. The fraction of sp³-hybridized carbons (Fsp3) is 0.444. The molecule has 2 unspecified atom stereocenters. The smallest absolute Gasteiger partial charge is 0.345 e. The lowest BCUT2D eigenvalue weighted by atomic mass is 9.89. The summed E-state index contributed by atoms with van der Waals surface area (Å²) >= 11 is 1.34. The number of hydrogen-bond acceptors (Lipinski definition) is 4. The summed E-state index contributed by atoms with van der Waals surface area (Å²) in [5.74, 6) is 0.380. The molecule has 0 spiro atoms. The van der Waals surface area contributed by atoms with Crippen LogP contribution in [0.15, 0.2) is 42.5 Å². The van der Waals surface area contributed by atoms with Crippen molar-refractivity contribution in [3.05, 3.63) is 64.0 Å². The van der Waals surface area contributed by atoms with Crippen LogP contribution in [0.4, 0.5) is 0 Å². The number of carboxylic acids is 1. The molecule has 3 aromatic rings. The van der Waals surface area contributed by atoms with Crippen LogP contribution in [0.5, 0.6) is 5.75 Å². The molecule has 1 aromatic heterocycles. The maximum absolute atomic E-state index is 11.3. The third-order valence-electron chi connectivity index (χ3n) is 6.14. The van der Waals surface area contributed by atoms with Crippen molar-refractivity contribution in [2.75, 3.05) is 6.61 Å². The van der Waals surface area contributed by atoms with Crippen LogP contribution in [-0.4, -0.2) is 28.9 Å². The molecule has 32 heavy (non-hydrogen) atoms. The first-order chi connectivity index (χ1) is 15.1. The van der Waals surface area contributed by atoms with Crippen LogP contribution in [0.3, 0.4) is 0 Å². The van der Waals surface area contributed by atoms with Gasteiger partial charge in [-0.05, 0) is 77.8 Å². The van der Waals surface area contributed by atoms with Crippen molar-refractivity contribution in [1.82, 2.24) is 0 Å². The van der Waals surface area contributed by atoms with Crippen LogP contribution in [0.2, 0.25) is 0 Å². The molecule has 2 N–H and O–H groups in total. The van der Waals surface area contributed by atoms with Gasteiger partial charge >= 0.3 is 5.97 Å². The fourth-order valence-corrected chi connectivity index (χ4v) is 4.75. The van der Waals surface area contributed by atoms with E-state index in [9.17, 15) is 15.0 Å². The number of aryl methyl sites for hydroxylation is 2. The molecule has 0 radical (unpaired) electrons. The molecule has 172 valence electrons. The fourth-order valence-electron chi connectivity index (χ4n) is 3.80. The van der Waals surface area contributed by atoms with E-state index in [2.05, 4.69) is 31.2 Å². The first kappa shape index (κ1) is 24.3. The summed E-state index contributed by atoms with van der Waals surface area (Å²) in [5.41, 5.74) is 3.42. The van der Waals surface area contributed by atoms with Crippen molar-refractivity contribution in [3.8, 4) is 5.75 Å². The molecule has 0 aliphatic heterocycles. The number of aliphatic hydroxyl groups is 1. The van der Waals surface area contributed by atoms with Gasteiger partial charge in [-0.2, -0.15) is 0 Å². The van der Waals surface area contributed by atoms with Crippen LogP contribution in [0, 0.1) is 12.3 Å². The first-order valence-corrected chi connectivity index (χ1v) is 12.1. The average molecular weight is 455 g/mol. The summed E-state index contributed by atoms with van der Waals surface area (Å²) in [6.45, 7) is 10.5. The number of carbonyl (C=O) groups is 1. The maximum atomic E-state index is 11.3. The lowest BCUT2D eigenvalue weighted by Gasteiger charge is -2.26. The van der Waals surface area contributed by atoms with Gasteiger partial charge in [0.25, 0.3) is 0 Å². The van der Waals surface area contributed by atoms with Gasteiger partial charge in [0.15, 0.2) is 0 Å². The molecule has 0 saturated heterocycles. The number of carboxylic acid groups (broad SMARTS) is 1. The molecule has 2 aromatic carbocycles. The highest BCUT2D eigenvalue weighted by Gasteiger charge is 2.23. The van der Waals surface area contributed by atoms with Crippen LogP contribution in [0.1, 0.15) is 72.8 Å². The summed E-state index contributed by atoms with van der Waals surface area (Å²) in [4.78, 5) is 11.7. The third kappa shape index (κ3) is 5.90. The molecule has 0 aliphatic carbocycles. The van der Waals surface area contributed by atoms with Crippen molar-refractivity contribution in [3.63, 3.8) is 0 Å². The standard InChI is InChI=1S/C27H34O4S/c1-6-19(20-10-11-21-15-24(26(29)30)32-23(21)14-20)9-7-18-8-12-22(17(2)13-18)31-16-25(28)27(3,4)5/h8,10-15,19,25,28H,6-7,9,16H2,1-5H3,(H,29,30). The molecule has 5 heteroatoms. The molecule has 1 heterocycles. The Kier molecular flexibility index (Phi) is 7.63. The number of aromatic carboxylic acids is 1. The quantitative estimate of drug-likeness (QED) is 0.372. The van der Waals surface area contributed by atoms with Gasteiger partial charge in [0.1, 0.15) is 17.2 Å². The predicted molar refractivity (Wildman–Crippen MR) is 132 cm³/mol. The maximum Gasteiger partial charge on any atom is 0.345 e. The van der Waals surface area contributed by atoms with Gasteiger partial charge in [0.05, 0.1) is 6.10 Å². The lowest BCUT2D eigenvalue weighted by molar-refractivity contribution is 0.0216. The number of hydrogen-bond donors (Lipinski definition) is 2. The van der Waals surface area contributed by atoms with Gasteiger partial charge in [0.2, 0.25) is 0 Å². The Morgan fingerprint density at radius 3 is 2.50 bits per heavy atom. The van der Waals surface area contributed by atoms with E-state index in [1.54, 1.807) is 6.07 Å². The second-order valence-corrected chi connectivity index (χ2v) is 10.7. The molecule has 0 amide bonds. The molecular formula is C27H34O4S. The van der Waals surface area contributed by atoms with Crippen molar-refractivity contribution in [1.29, 1.82) is 0 Å². The number of benzene rings is 2. The summed E-state index contributed by atoms with van der Waals surface area (Å²) in [5, 5.41) is 20.5. The molecule has 0 fully saturated rings. The van der Waals surface area contributed by atoms with Gasteiger partial charge in [-0.25, -0.2) is 4.79 Å². The van der Waals surface area contributed by atoms with Crippen LogP contribution < -0.4 is 4.74 Å². The Morgan fingerprint density at radius 2 is 1.88 bits per heavy atom. The first-order valence-electron chi connectivity index (χ1n) is 11.3. The summed E-state index contributed by atoms with van der Waals surface area (Å²) in [7, 11) is 0. The number of rotatable bonds is 9. The second kappa shape index (κ2) is 10.1. The number of ether oxygens (including phenoxy) is 1. The Morgan fingerprint density at radius 1 is 1.12 bits per heavy atom. The molecule has 4 nitrogen and oxygen atoms in total. The minimum absolute atomic E-state index is 0.204. The van der Waals surface area contributed by atoms with E-state index >= 15 is 0 Å². The SMILES string of the molecule is CCC(CCc1ccc(OCC(O)C(C)(C)C)c(C)c1)c1ccc2cc(C(=O)O)sc2c1. The largest absolute Gasteiger partial charge is 0.491 e. The van der Waals surface area contributed by atoms with Gasteiger partial charge in [0, 0.05) is 4.70 Å². The van der Waals surface area contributed by atoms with E-state index < -0.39 is 12.1 Å². The highest BCUT2D eigenvalue weighted by atomic mass is 32.1. The van der Waals surface area contributed by atoms with Crippen LogP contribution in [-0.2, 0) is 6.42 Å². The molecule has 0 bridgehead atoms. The average Bonchev–Trinajstić information content (AvgIpc) is 3.16. The van der Waals surface area contributed by atoms with Crippen molar-refractivity contribution in [2.24, 2.45) is 5.41 Å². The van der Waals surface area contributed by atoms with Crippen LogP contribution >= 0.6 is 11.3 Å². The Bertz CT molecular complexity index is 1080. The predicted octanol–water partition coefficient (Wildman–Crippen LogP) is 6.82. The Labute approximate surface area is 194 Å². The molecule has 0 saturated carbocycles. The third-order valence-corrected chi connectivity index (χ3v) is 7.22. The minimum Gasteiger partial charge on any atom is -0.491 e. The molecular weight excluding hydrogens is 420 g/mol. The van der Waals surface area contributed by atoms with E-state index in [1.807, 2.05) is 39.8 Å². The molecule has 0 aliphatic rings. The van der Waals surface area contributed by atoms with E-state index in [1.165, 1.54) is 22.5 Å². The Balaban J connectivity index is 1.65. The monoisotopic (exact) mass is 454 g/mol. The van der Waals surface area contributed by atoms with E-state index in [0.29, 0.717) is 10.8 Å². The highest BCUT2D eigenvalue weighted by molar-refractivity contribution is 7.20. The highest BCUT2D eigenvalue weighted by Crippen LogP contribution is 2.32. The topological polar surface area (TPSA) is 66.8 Å². The summed E-state index contributed by atoms with van der Waals surface area (Å²) in [6.07, 6.45) is 2.52. The van der Waals surface area contributed by atoms with Gasteiger partial charge in [-0.15, -0.1) is 11.3 Å². The van der Waals surface area contributed by atoms with Gasteiger partial charge < -0.3 is 14.9 Å². The lowest BCUT2D eigenvalue weighted by Crippen LogP contribution is -2.32. The Hall–Kier alpha value is -2.37. The van der Waals surface area contributed by atoms with Crippen molar-refractivity contribution < 1.29 is 19.7 Å². The molecule has 3 rings (SSSR count). The summed E-state index contributed by atoms with van der Waals surface area (Å²) in [6, 6.07) is 14.4. The van der Waals surface area contributed by atoms with E-state index in [4.69, 9.17) is 4.74 Å². The van der Waals surface area contributed by atoms with E-state index in [-0.39, 0.29) is 12.0 Å². The zero-order valence-electron chi connectivity index (χ0n) is 19.6.